The Kier molecular flexibility index (Phi) is 4.77. The fourth-order valence-corrected chi connectivity index (χ4v) is 3.40. The number of anilines is 1. The number of hydrogen-bond acceptors (Lipinski definition) is 6. The maximum absolute atomic E-state index is 12.0. The van der Waals surface area contributed by atoms with E-state index in [9.17, 15) is 4.79 Å². The van der Waals surface area contributed by atoms with Gasteiger partial charge in [-0.05, 0) is 17.7 Å². The normalized spacial score (nSPS) is 10.4. The lowest BCUT2D eigenvalue weighted by Gasteiger charge is -1.99. The Morgan fingerprint density at radius 1 is 1.09 bits per heavy atom. The highest BCUT2D eigenvalue weighted by atomic mass is 32.2. The Morgan fingerprint density at radius 2 is 1.91 bits per heavy atom. The van der Waals surface area contributed by atoms with Crippen molar-refractivity contribution in [2.75, 3.05) is 5.32 Å². The van der Waals surface area contributed by atoms with Crippen LogP contribution in [0, 0.1) is 0 Å². The molecular formula is C15H12N4OS2. The molecule has 0 fully saturated rings. The lowest BCUT2D eigenvalue weighted by Crippen LogP contribution is -2.13. The molecule has 22 heavy (non-hydrogen) atoms. The summed E-state index contributed by atoms with van der Waals surface area (Å²) < 4.78 is 0.820. The maximum Gasteiger partial charge on any atom is 0.276 e. The Balaban J connectivity index is 1.58. The van der Waals surface area contributed by atoms with Crippen LogP contribution in [-0.2, 0) is 5.75 Å². The van der Waals surface area contributed by atoms with Gasteiger partial charge in [0.15, 0.2) is 4.34 Å². The molecule has 0 aliphatic carbocycles. The molecule has 0 saturated carbocycles. The smallest absolute Gasteiger partial charge is 0.276 e. The molecule has 0 aliphatic heterocycles. The third kappa shape index (κ3) is 3.90. The lowest BCUT2D eigenvalue weighted by atomic mass is 10.2. The Bertz CT molecular complexity index is 747. The van der Waals surface area contributed by atoms with Crippen LogP contribution in [0.5, 0.6) is 0 Å². The van der Waals surface area contributed by atoms with Crippen LogP contribution in [0.4, 0.5) is 5.13 Å². The van der Waals surface area contributed by atoms with Gasteiger partial charge in [0.25, 0.3) is 5.91 Å². The van der Waals surface area contributed by atoms with Crippen molar-refractivity contribution >= 4 is 34.1 Å². The number of carbonyl (C=O) groups is 1. The van der Waals surface area contributed by atoms with E-state index >= 15 is 0 Å². The highest BCUT2D eigenvalue weighted by Gasteiger charge is 2.11. The molecule has 7 heteroatoms. The number of nitrogens with zero attached hydrogens (tertiary/aromatic N) is 3. The third-order valence-electron chi connectivity index (χ3n) is 2.73. The summed E-state index contributed by atoms with van der Waals surface area (Å²) in [5, 5.41) is 11.2. The highest BCUT2D eigenvalue weighted by molar-refractivity contribution is 8.00. The first kappa shape index (κ1) is 14.7. The molecule has 1 aromatic carbocycles. The molecule has 0 radical (unpaired) electrons. The van der Waals surface area contributed by atoms with Crippen LogP contribution in [0.1, 0.15) is 16.1 Å². The van der Waals surface area contributed by atoms with E-state index in [1.807, 2.05) is 18.2 Å². The van der Waals surface area contributed by atoms with Crippen LogP contribution in [0.3, 0.4) is 0 Å². The molecule has 0 unspecified atom stereocenters. The van der Waals surface area contributed by atoms with Gasteiger partial charge >= 0.3 is 0 Å². The van der Waals surface area contributed by atoms with Gasteiger partial charge in [-0.25, -0.2) is 0 Å². The first-order chi connectivity index (χ1) is 10.8. The van der Waals surface area contributed by atoms with E-state index in [1.54, 1.807) is 36.2 Å². The number of hydrogen-bond donors (Lipinski definition) is 1. The Hall–Kier alpha value is -2.25. The van der Waals surface area contributed by atoms with E-state index in [0.29, 0.717) is 10.8 Å². The average molecular weight is 328 g/mol. The monoisotopic (exact) mass is 328 g/mol. The highest BCUT2D eigenvalue weighted by Crippen LogP contribution is 2.28. The minimum absolute atomic E-state index is 0.281. The van der Waals surface area contributed by atoms with E-state index in [1.165, 1.54) is 16.9 Å². The maximum atomic E-state index is 12.0. The van der Waals surface area contributed by atoms with Crippen molar-refractivity contribution in [1.82, 2.24) is 15.2 Å². The first-order valence-corrected chi connectivity index (χ1v) is 8.34. The van der Waals surface area contributed by atoms with Crippen molar-refractivity contribution in [3.05, 3.63) is 66.0 Å². The van der Waals surface area contributed by atoms with Gasteiger partial charge in [-0.1, -0.05) is 59.5 Å². The molecule has 110 valence electrons. The SMILES string of the molecule is O=C(Nc1nnc(SCc2ccccc2)s1)c1ccccn1. The second-order valence-corrected chi connectivity index (χ2v) is 6.52. The molecule has 2 aromatic heterocycles. The second kappa shape index (κ2) is 7.15. The Labute approximate surface area is 135 Å². The van der Waals surface area contributed by atoms with Gasteiger partial charge in [0.2, 0.25) is 5.13 Å². The van der Waals surface area contributed by atoms with Gasteiger partial charge in [0.05, 0.1) is 0 Å². The molecule has 0 saturated heterocycles. The predicted octanol–water partition coefficient (Wildman–Crippen LogP) is 3.48. The number of pyridine rings is 1. The summed E-state index contributed by atoms with van der Waals surface area (Å²) in [6.45, 7) is 0. The Morgan fingerprint density at radius 3 is 2.68 bits per heavy atom. The van der Waals surface area contributed by atoms with Crippen molar-refractivity contribution in [3.63, 3.8) is 0 Å². The summed E-state index contributed by atoms with van der Waals surface area (Å²) in [4.78, 5) is 16.0. The molecule has 2 heterocycles. The lowest BCUT2D eigenvalue weighted by molar-refractivity contribution is 0.102. The molecule has 5 nitrogen and oxygen atoms in total. The minimum atomic E-state index is -0.281. The van der Waals surface area contributed by atoms with Gasteiger partial charge in [-0.2, -0.15) is 0 Å². The molecule has 1 amide bonds. The van der Waals surface area contributed by atoms with Gasteiger partial charge in [-0.3, -0.25) is 15.1 Å². The quantitative estimate of drug-likeness (QED) is 0.574. The number of amides is 1. The predicted molar refractivity (Wildman–Crippen MR) is 88.1 cm³/mol. The first-order valence-electron chi connectivity index (χ1n) is 6.54. The summed E-state index contributed by atoms with van der Waals surface area (Å²) in [5.41, 5.74) is 1.58. The van der Waals surface area contributed by atoms with Gasteiger partial charge in [0.1, 0.15) is 5.69 Å². The van der Waals surface area contributed by atoms with Crippen molar-refractivity contribution in [2.45, 2.75) is 10.1 Å². The molecule has 1 N–H and O–H groups in total. The zero-order valence-electron chi connectivity index (χ0n) is 11.5. The van der Waals surface area contributed by atoms with E-state index in [2.05, 4.69) is 32.6 Å². The van der Waals surface area contributed by atoms with E-state index in [-0.39, 0.29) is 5.91 Å². The number of carbonyl (C=O) groups excluding carboxylic acids is 1. The molecule has 0 atom stereocenters. The van der Waals surface area contributed by atoms with Crippen molar-refractivity contribution in [3.8, 4) is 0 Å². The second-order valence-electron chi connectivity index (χ2n) is 4.32. The van der Waals surface area contributed by atoms with Crippen LogP contribution in [0.2, 0.25) is 0 Å². The van der Waals surface area contributed by atoms with E-state index in [0.717, 1.165) is 10.1 Å². The van der Waals surface area contributed by atoms with E-state index in [4.69, 9.17) is 0 Å². The molecule has 3 aromatic rings. The summed E-state index contributed by atoms with van der Waals surface area (Å²) in [6.07, 6.45) is 1.58. The van der Waals surface area contributed by atoms with Crippen LogP contribution in [0.25, 0.3) is 0 Å². The summed E-state index contributed by atoms with van der Waals surface area (Å²) in [5.74, 6) is 0.542. The van der Waals surface area contributed by atoms with Crippen LogP contribution in [-0.4, -0.2) is 21.1 Å². The number of thioether (sulfide) groups is 1. The number of nitrogens with one attached hydrogen (secondary N) is 1. The number of aromatic nitrogens is 3. The van der Waals surface area contributed by atoms with Gasteiger partial charge in [-0.15, -0.1) is 10.2 Å². The molecule has 0 bridgehead atoms. The molecule has 0 spiro atoms. The minimum Gasteiger partial charge on any atom is -0.295 e. The standard InChI is InChI=1S/C15H12N4OS2/c20-13(12-8-4-5-9-16-12)17-14-18-19-15(22-14)21-10-11-6-2-1-3-7-11/h1-9H,10H2,(H,17,18,20). The van der Waals surface area contributed by atoms with Crippen LogP contribution >= 0.6 is 23.1 Å². The van der Waals surface area contributed by atoms with E-state index < -0.39 is 0 Å². The van der Waals surface area contributed by atoms with Gasteiger partial charge < -0.3 is 0 Å². The fraction of sp³-hybridized carbons (Fsp3) is 0.0667. The summed E-state index contributed by atoms with van der Waals surface area (Å²) >= 11 is 2.95. The number of rotatable bonds is 5. The van der Waals surface area contributed by atoms with Crippen molar-refractivity contribution < 1.29 is 4.79 Å². The van der Waals surface area contributed by atoms with Crippen molar-refractivity contribution in [1.29, 1.82) is 0 Å². The molecular weight excluding hydrogens is 316 g/mol. The summed E-state index contributed by atoms with van der Waals surface area (Å²) in [6, 6.07) is 15.3. The van der Waals surface area contributed by atoms with Crippen LogP contribution in [0.15, 0.2) is 59.1 Å². The average Bonchev–Trinajstić information content (AvgIpc) is 3.02. The molecule has 3 rings (SSSR count). The fourth-order valence-electron chi connectivity index (χ4n) is 1.70. The van der Waals surface area contributed by atoms with Gasteiger partial charge in [0, 0.05) is 11.9 Å². The zero-order chi connectivity index (χ0) is 15.2. The largest absolute Gasteiger partial charge is 0.295 e. The van der Waals surface area contributed by atoms with Crippen LogP contribution < -0.4 is 5.32 Å². The third-order valence-corrected chi connectivity index (χ3v) is 4.77. The number of benzene rings is 1. The van der Waals surface area contributed by atoms with Crippen molar-refractivity contribution in [2.24, 2.45) is 0 Å². The zero-order valence-corrected chi connectivity index (χ0v) is 13.1. The molecule has 0 aliphatic rings. The summed E-state index contributed by atoms with van der Waals surface area (Å²) in [7, 11) is 0. The topological polar surface area (TPSA) is 67.8 Å².